The van der Waals surface area contributed by atoms with Crippen molar-refractivity contribution in [3.05, 3.63) is 23.8 Å². The molecule has 1 unspecified atom stereocenters. The van der Waals surface area contributed by atoms with Gasteiger partial charge >= 0.3 is 5.97 Å². The molecule has 1 aliphatic heterocycles. The summed E-state index contributed by atoms with van der Waals surface area (Å²) in [6.45, 7) is 4.59. The maximum Gasteiger partial charge on any atom is 0.337 e. The number of hydrogen-bond acceptors (Lipinski definition) is 3. The van der Waals surface area contributed by atoms with Crippen molar-refractivity contribution in [1.82, 2.24) is 0 Å². The number of carbonyl (C=O) groups excluding carboxylic acids is 1. The highest BCUT2D eigenvalue weighted by molar-refractivity contribution is 6.04. The molecule has 1 atom stereocenters. The number of hydrogen-bond donors (Lipinski definition) is 3. The SMILES string of the molecule is CC(C)CC1CNc2c(cccc2C(=O)O)NC1=O. The Kier molecular flexibility index (Phi) is 3.74. The maximum atomic E-state index is 12.1. The van der Waals surface area contributed by atoms with Crippen LogP contribution in [-0.2, 0) is 4.79 Å². The molecule has 0 saturated carbocycles. The van der Waals surface area contributed by atoms with Crippen molar-refractivity contribution in [3.63, 3.8) is 0 Å². The summed E-state index contributed by atoms with van der Waals surface area (Å²) in [5.74, 6) is -0.782. The van der Waals surface area contributed by atoms with Crippen molar-refractivity contribution in [2.75, 3.05) is 17.2 Å². The van der Waals surface area contributed by atoms with Crippen molar-refractivity contribution in [2.45, 2.75) is 20.3 Å². The first-order valence-electron chi connectivity index (χ1n) is 6.40. The van der Waals surface area contributed by atoms with Gasteiger partial charge in [-0.2, -0.15) is 0 Å². The van der Waals surface area contributed by atoms with Crippen LogP contribution in [0.1, 0.15) is 30.6 Å². The summed E-state index contributed by atoms with van der Waals surface area (Å²) in [4.78, 5) is 23.3. The molecule has 1 heterocycles. The first kappa shape index (κ1) is 13.4. The molecule has 102 valence electrons. The second kappa shape index (κ2) is 5.30. The molecule has 0 spiro atoms. The molecule has 0 radical (unpaired) electrons. The summed E-state index contributed by atoms with van der Waals surface area (Å²) < 4.78 is 0. The summed E-state index contributed by atoms with van der Waals surface area (Å²) in [7, 11) is 0. The molecule has 5 heteroatoms. The third-order valence-electron chi connectivity index (χ3n) is 3.20. The van der Waals surface area contributed by atoms with Crippen LogP contribution in [0.25, 0.3) is 0 Å². The minimum Gasteiger partial charge on any atom is -0.478 e. The number of para-hydroxylation sites is 1. The molecule has 0 aliphatic carbocycles. The number of anilines is 2. The van der Waals surface area contributed by atoms with E-state index in [-0.39, 0.29) is 17.4 Å². The van der Waals surface area contributed by atoms with E-state index in [9.17, 15) is 9.59 Å². The Labute approximate surface area is 112 Å². The van der Waals surface area contributed by atoms with Crippen molar-refractivity contribution >= 4 is 23.3 Å². The van der Waals surface area contributed by atoms with Crippen molar-refractivity contribution in [3.8, 4) is 0 Å². The van der Waals surface area contributed by atoms with E-state index in [1.807, 2.05) is 0 Å². The zero-order chi connectivity index (χ0) is 14.0. The topological polar surface area (TPSA) is 78.4 Å². The number of nitrogens with one attached hydrogen (secondary N) is 2. The van der Waals surface area contributed by atoms with Gasteiger partial charge in [0.1, 0.15) is 0 Å². The number of aromatic carboxylic acids is 1. The molecule has 0 bridgehead atoms. The molecule has 1 aliphatic rings. The third kappa shape index (κ3) is 2.86. The Morgan fingerprint density at radius 3 is 2.84 bits per heavy atom. The highest BCUT2D eigenvalue weighted by Gasteiger charge is 2.26. The van der Waals surface area contributed by atoms with Crippen LogP contribution in [0.3, 0.4) is 0 Å². The van der Waals surface area contributed by atoms with Gasteiger partial charge in [-0.25, -0.2) is 4.79 Å². The Bertz CT molecular complexity index is 511. The van der Waals surface area contributed by atoms with Gasteiger partial charge in [0.2, 0.25) is 5.91 Å². The molecule has 1 aromatic carbocycles. The summed E-state index contributed by atoms with van der Waals surface area (Å²) >= 11 is 0. The van der Waals surface area contributed by atoms with Gasteiger partial charge in [0, 0.05) is 6.54 Å². The molecule has 0 fully saturated rings. The molecule has 19 heavy (non-hydrogen) atoms. The number of amides is 1. The number of carboxylic acids is 1. The summed E-state index contributed by atoms with van der Waals surface area (Å²) in [6, 6.07) is 4.88. The van der Waals surface area contributed by atoms with Gasteiger partial charge in [-0.3, -0.25) is 4.79 Å². The van der Waals surface area contributed by atoms with Crippen LogP contribution in [0.5, 0.6) is 0 Å². The Hall–Kier alpha value is -2.04. The zero-order valence-electron chi connectivity index (χ0n) is 11.1. The Morgan fingerprint density at radius 2 is 2.21 bits per heavy atom. The monoisotopic (exact) mass is 262 g/mol. The normalized spacial score (nSPS) is 18.3. The molecule has 3 N–H and O–H groups in total. The lowest BCUT2D eigenvalue weighted by molar-refractivity contribution is -0.119. The average Bonchev–Trinajstić information content (AvgIpc) is 2.48. The zero-order valence-corrected chi connectivity index (χ0v) is 11.1. The molecular weight excluding hydrogens is 244 g/mol. The second-order valence-corrected chi connectivity index (χ2v) is 5.23. The molecule has 2 rings (SSSR count). The van der Waals surface area contributed by atoms with E-state index in [0.29, 0.717) is 23.8 Å². The lowest BCUT2D eigenvalue weighted by Crippen LogP contribution is -2.27. The van der Waals surface area contributed by atoms with Crippen molar-refractivity contribution in [1.29, 1.82) is 0 Å². The standard InChI is InChI=1S/C14H18N2O3/c1-8(2)6-9-7-15-12-10(14(18)19)4-3-5-11(12)16-13(9)17/h3-5,8-9,15H,6-7H2,1-2H3,(H,16,17)(H,18,19). The molecule has 1 amide bonds. The smallest absolute Gasteiger partial charge is 0.337 e. The van der Waals surface area contributed by atoms with E-state index in [0.717, 1.165) is 6.42 Å². The van der Waals surface area contributed by atoms with E-state index in [1.54, 1.807) is 12.1 Å². The van der Waals surface area contributed by atoms with Crippen LogP contribution >= 0.6 is 0 Å². The lowest BCUT2D eigenvalue weighted by Gasteiger charge is -2.15. The lowest BCUT2D eigenvalue weighted by atomic mass is 9.96. The number of fused-ring (bicyclic) bond motifs is 1. The Morgan fingerprint density at radius 1 is 1.47 bits per heavy atom. The highest BCUT2D eigenvalue weighted by atomic mass is 16.4. The van der Waals surface area contributed by atoms with Crippen molar-refractivity contribution < 1.29 is 14.7 Å². The van der Waals surface area contributed by atoms with Crippen LogP contribution in [0.4, 0.5) is 11.4 Å². The van der Waals surface area contributed by atoms with Gasteiger partial charge in [-0.1, -0.05) is 19.9 Å². The highest BCUT2D eigenvalue weighted by Crippen LogP contribution is 2.30. The number of rotatable bonds is 3. The van der Waals surface area contributed by atoms with E-state index in [4.69, 9.17) is 5.11 Å². The fourth-order valence-corrected chi connectivity index (χ4v) is 2.34. The molecule has 1 aromatic rings. The van der Waals surface area contributed by atoms with Crippen LogP contribution < -0.4 is 10.6 Å². The summed E-state index contributed by atoms with van der Waals surface area (Å²) in [5, 5.41) is 15.1. The van der Waals surface area contributed by atoms with Gasteiger partial charge in [0.05, 0.1) is 22.9 Å². The Balaban J connectivity index is 2.30. The maximum absolute atomic E-state index is 12.1. The van der Waals surface area contributed by atoms with E-state index in [2.05, 4.69) is 24.5 Å². The van der Waals surface area contributed by atoms with E-state index in [1.165, 1.54) is 6.07 Å². The van der Waals surface area contributed by atoms with Gasteiger partial charge in [-0.15, -0.1) is 0 Å². The van der Waals surface area contributed by atoms with E-state index >= 15 is 0 Å². The predicted molar refractivity (Wildman–Crippen MR) is 73.5 cm³/mol. The van der Waals surface area contributed by atoms with Crippen LogP contribution in [0.15, 0.2) is 18.2 Å². The van der Waals surface area contributed by atoms with E-state index < -0.39 is 5.97 Å². The molecular formula is C14H18N2O3. The molecule has 0 aromatic heterocycles. The van der Waals surface area contributed by atoms with Gasteiger partial charge in [0.25, 0.3) is 0 Å². The number of carboxylic acid groups (broad SMARTS) is 1. The van der Waals surface area contributed by atoms with Gasteiger partial charge < -0.3 is 15.7 Å². The third-order valence-corrected chi connectivity index (χ3v) is 3.20. The van der Waals surface area contributed by atoms with Crippen LogP contribution in [0.2, 0.25) is 0 Å². The first-order chi connectivity index (χ1) is 8.99. The van der Waals surface area contributed by atoms with Gasteiger partial charge in [0.15, 0.2) is 0 Å². The fraction of sp³-hybridized carbons (Fsp3) is 0.429. The summed E-state index contributed by atoms with van der Waals surface area (Å²) in [6.07, 6.45) is 0.773. The molecule has 5 nitrogen and oxygen atoms in total. The van der Waals surface area contributed by atoms with Crippen LogP contribution in [0, 0.1) is 11.8 Å². The fourth-order valence-electron chi connectivity index (χ4n) is 2.34. The average molecular weight is 262 g/mol. The second-order valence-electron chi connectivity index (χ2n) is 5.23. The number of benzene rings is 1. The molecule has 0 saturated heterocycles. The quantitative estimate of drug-likeness (QED) is 0.781. The minimum absolute atomic E-state index is 0.0533. The van der Waals surface area contributed by atoms with Crippen LogP contribution in [-0.4, -0.2) is 23.5 Å². The van der Waals surface area contributed by atoms with Gasteiger partial charge in [-0.05, 0) is 24.5 Å². The first-order valence-corrected chi connectivity index (χ1v) is 6.40. The summed E-state index contributed by atoms with van der Waals surface area (Å²) in [5.41, 5.74) is 1.22. The largest absolute Gasteiger partial charge is 0.478 e. The number of carbonyl (C=O) groups is 2. The predicted octanol–water partition coefficient (Wildman–Crippen LogP) is 2.41. The minimum atomic E-state index is -0.999. The van der Waals surface area contributed by atoms with Crippen molar-refractivity contribution in [2.24, 2.45) is 11.8 Å².